The molecule has 30 heavy (non-hydrogen) atoms. The van der Waals surface area contributed by atoms with Crippen molar-refractivity contribution >= 4 is 28.4 Å². The maximum atomic E-state index is 12.8. The molecule has 0 atom stereocenters. The number of hydrogen-bond donors (Lipinski definition) is 1. The fourth-order valence-corrected chi connectivity index (χ4v) is 3.42. The molecule has 3 aromatic rings. The van der Waals surface area contributed by atoms with E-state index in [1.165, 1.54) is 0 Å². The predicted molar refractivity (Wildman–Crippen MR) is 119 cm³/mol. The molecule has 0 saturated carbocycles. The number of fused-ring (bicyclic) bond motifs is 1. The first-order valence-electron chi connectivity index (χ1n) is 9.98. The van der Waals surface area contributed by atoms with Gasteiger partial charge in [-0.2, -0.15) is 0 Å². The van der Waals surface area contributed by atoms with Gasteiger partial charge in [0.1, 0.15) is 11.6 Å². The number of aryl methyl sites for hydroxylation is 1. The number of likely N-dealkylation sites (N-methyl/N-ethyl adjacent to an activating group) is 1. The summed E-state index contributed by atoms with van der Waals surface area (Å²) < 4.78 is 5.87. The average molecular weight is 428 g/mol. The predicted octanol–water partition coefficient (Wildman–Crippen LogP) is 4.44. The lowest BCUT2D eigenvalue weighted by atomic mass is 10.0. The highest BCUT2D eigenvalue weighted by atomic mass is 35.5. The molecule has 6 nitrogen and oxygen atoms in total. The molecule has 1 N–H and O–H groups in total. The molecular formula is C23H26ClN3O3. The lowest BCUT2D eigenvalue weighted by Crippen LogP contribution is -2.35. The number of aromatic amines is 1. The molecule has 0 saturated heterocycles. The number of ether oxygens (including phenoxy) is 1. The number of rotatable bonds is 7. The number of hydrogen-bond acceptors (Lipinski definition) is 4. The summed E-state index contributed by atoms with van der Waals surface area (Å²) in [6.07, 6.45) is 0. The second-order valence-electron chi connectivity index (χ2n) is 7.52. The number of halogens is 1. The normalized spacial score (nSPS) is 11.1. The number of carbonyl (C=O) groups is 1. The van der Waals surface area contributed by atoms with Crippen molar-refractivity contribution in [3.8, 4) is 5.75 Å². The molecule has 2 aromatic carbocycles. The minimum atomic E-state index is -0.214. The second kappa shape index (κ2) is 9.30. The highest BCUT2D eigenvalue weighted by Gasteiger charge is 2.17. The summed E-state index contributed by atoms with van der Waals surface area (Å²) >= 11 is 6.24. The van der Waals surface area contributed by atoms with Gasteiger partial charge in [0.05, 0.1) is 17.4 Å². The Balaban J connectivity index is 1.75. The van der Waals surface area contributed by atoms with E-state index in [-0.39, 0.29) is 30.5 Å². The molecule has 158 valence electrons. The van der Waals surface area contributed by atoms with Crippen LogP contribution in [0.25, 0.3) is 10.9 Å². The van der Waals surface area contributed by atoms with Crippen LogP contribution in [0.3, 0.4) is 0 Å². The van der Waals surface area contributed by atoms with Crippen molar-refractivity contribution in [1.29, 1.82) is 0 Å². The molecule has 1 aromatic heterocycles. The van der Waals surface area contributed by atoms with Crippen molar-refractivity contribution in [2.45, 2.75) is 40.2 Å². The Labute approximate surface area is 180 Å². The van der Waals surface area contributed by atoms with Gasteiger partial charge in [0, 0.05) is 11.6 Å². The molecule has 3 rings (SSSR count). The Morgan fingerprint density at radius 3 is 2.70 bits per heavy atom. The van der Waals surface area contributed by atoms with Gasteiger partial charge in [-0.1, -0.05) is 37.6 Å². The number of aromatic nitrogens is 2. The Morgan fingerprint density at radius 2 is 2.00 bits per heavy atom. The van der Waals surface area contributed by atoms with E-state index < -0.39 is 0 Å². The molecule has 1 amide bonds. The number of benzene rings is 2. The van der Waals surface area contributed by atoms with E-state index >= 15 is 0 Å². The van der Waals surface area contributed by atoms with Crippen LogP contribution < -0.4 is 10.3 Å². The number of para-hydroxylation sites is 1. The summed E-state index contributed by atoms with van der Waals surface area (Å²) in [4.78, 5) is 33.9. The van der Waals surface area contributed by atoms with Crippen molar-refractivity contribution in [2.75, 3.05) is 13.2 Å². The van der Waals surface area contributed by atoms with Gasteiger partial charge in [0.2, 0.25) is 0 Å². The standard InChI is InChI=1S/C23H26ClN3O3/c1-5-27(12-21-25-19-9-7-6-8-16(19)23(29)26-21)22(28)13-30-20-10-15(4)18(24)11-17(20)14(2)3/h6-11,14H,5,12-13H2,1-4H3,(H,25,26,29). The summed E-state index contributed by atoms with van der Waals surface area (Å²) in [6.45, 7) is 8.45. The fourth-order valence-electron chi connectivity index (χ4n) is 3.24. The van der Waals surface area contributed by atoms with Crippen molar-refractivity contribution < 1.29 is 9.53 Å². The monoisotopic (exact) mass is 427 g/mol. The Morgan fingerprint density at radius 1 is 1.27 bits per heavy atom. The van der Waals surface area contributed by atoms with Gasteiger partial charge in [-0.3, -0.25) is 9.59 Å². The topological polar surface area (TPSA) is 75.3 Å². The summed E-state index contributed by atoms with van der Waals surface area (Å²) in [5.74, 6) is 1.13. The van der Waals surface area contributed by atoms with Crippen LogP contribution in [-0.4, -0.2) is 33.9 Å². The van der Waals surface area contributed by atoms with Gasteiger partial charge >= 0.3 is 0 Å². The van der Waals surface area contributed by atoms with Crippen molar-refractivity contribution in [1.82, 2.24) is 14.9 Å². The molecular weight excluding hydrogens is 402 g/mol. The lowest BCUT2D eigenvalue weighted by Gasteiger charge is -2.22. The van der Waals surface area contributed by atoms with E-state index in [1.807, 2.05) is 32.0 Å². The molecule has 0 aliphatic rings. The molecule has 0 aliphatic heterocycles. The van der Waals surface area contributed by atoms with Crippen molar-refractivity contribution in [3.05, 3.63) is 68.7 Å². The number of H-pyrrole nitrogens is 1. The Hall–Kier alpha value is -2.86. The molecule has 0 spiro atoms. The van der Waals surface area contributed by atoms with E-state index in [1.54, 1.807) is 23.1 Å². The van der Waals surface area contributed by atoms with Crippen LogP contribution in [0.5, 0.6) is 5.75 Å². The Kier molecular flexibility index (Phi) is 6.77. The van der Waals surface area contributed by atoms with Gasteiger partial charge in [0.15, 0.2) is 6.61 Å². The fraction of sp³-hybridized carbons (Fsp3) is 0.348. The second-order valence-corrected chi connectivity index (χ2v) is 7.93. The summed E-state index contributed by atoms with van der Waals surface area (Å²) in [5.41, 5.74) is 2.25. The van der Waals surface area contributed by atoms with Gasteiger partial charge in [-0.25, -0.2) is 4.98 Å². The van der Waals surface area contributed by atoms with Crippen molar-refractivity contribution in [2.24, 2.45) is 0 Å². The Bertz CT molecular complexity index is 1120. The SMILES string of the molecule is CCN(Cc1nc2ccccc2c(=O)[nH]1)C(=O)COc1cc(C)c(Cl)cc1C(C)C. The van der Waals surface area contributed by atoms with Crippen LogP contribution in [0.1, 0.15) is 43.6 Å². The molecule has 1 heterocycles. The van der Waals surface area contributed by atoms with Crippen LogP contribution >= 0.6 is 11.6 Å². The van der Waals surface area contributed by atoms with E-state index in [0.29, 0.717) is 34.0 Å². The number of nitrogens with one attached hydrogen (secondary N) is 1. The summed E-state index contributed by atoms with van der Waals surface area (Å²) in [5, 5.41) is 1.21. The molecule has 7 heteroatoms. The van der Waals surface area contributed by atoms with Crippen LogP contribution in [0.2, 0.25) is 5.02 Å². The molecule has 0 bridgehead atoms. The lowest BCUT2D eigenvalue weighted by molar-refractivity contribution is -0.133. The highest BCUT2D eigenvalue weighted by Crippen LogP contribution is 2.32. The summed E-state index contributed by atoms with van der Waals surface area (Å²) in [7, 11) is 0. The zero-order valence-corrected chi connectivity index (χ0v) is 18.4. The molecule has 0 unspecified atom stereocenters. The smallest absolute Gasteiger partial charge is 0.260 e. The zero-order chi connectivity index (χ0) is 21.8. The minimum absolute atomic E-state index is 0.105. The third-order valence-electron chi connectivity index (χ3n) is 5.00. The quantitative estimate of drug-likeness (QED) is 0.605. The molecule has 0 aliphatic carbocycles. The first kappa shape index (κ1) is 21.8. The number of nitrogens with zero attached hydrogens (tertiary/aromatic N) is 2. The van der Waals surface area contributed by atoms with Gasteiger partial charge in [-0.15, -0.1) is 0 Å². The number of amides is 1. The molecule has 0 fully saturated rings. The van der Waals surface area contributed by atoms with Crippen molar-refractivity contribution in [3.63, 3.8) is 0 Å². The number of carbonyl (C=O) groups excluding carboxylic acids is 1. The highest BCUT2D eigenvalue weighted by molar-refractivity contribution is 6.31. The largest absolute Gasteiger partial charge is 0.483 e. The van der Waals surface area contributed by atoms with E-state index in [0.717, 1.165) is 11.1 Å². The van der Waals surface area contributed by atoms with Crippen LogP contribution in [0.4, 0.5) is 0 Å². The third-order valence-corrected chi connectivity index (χ3v) is 5.41. The van der Waals surface area contributed by atoms with Gasteiger partial charge in [0.25, 0.3) is 11.5 Å². The van der Waals surface area contributed by atoms with Gasteiger partial charge < -0.3 is 14.6 Å². The average Bonchev–Trinajstić information content (AvgIpc) is 2.72. The van der Waals surface area contributed by atoms with E-state index in [2.05, 4.69) is 23.8 Å². The zero-order valence-electron chi connectivity index (χ0n) is 17.7. The maximum absolute atomic E-state index is 12.8. The van der Waals surface area contributed by atoms with Crippen LogP contribution in [0.15, 0.2) is 41.2 Å². The molecule has 0 radical (unpaired) electrons. The van der Waals surface area contributed by atoms with E-state index in [4.69, 9.17) is 16.3 Å². The van der Waals surface area contributed by atoms with Crippen LogP contribution in [0, 0.1) is 6.92 Å². The minimum Gasteiger partial charge on any atom is -0.483 e. The van der Waals surface area contributed by atoms with E-state index in [9.17, 15) is 9.59 Å². The maximum Gasteiger partial charge on any atom is 0.260 e. The first-order valence-corrected chi connectivity index (χ1v) is 10.4. The first-order chi connectivity index (χ1) is 14.3. The summed E-state index contributed by atoms with van der Waals surface area (Å²) in [6, 6.07) is 10.9. The van der Waals surface area contributed by atoms with Crippen LogP contribution in [-0.2, 0) is 11.3 Å². The van der Waals surface area contributed by atoms with Gasteiger partial charge in [-0.05, 0) is 55.2 Å². The third kappa shape index (κ3) is 4.82.